The van der Waals surface area contributed by atoms with Crippen molar-refractivity contribution < 1.29 is 13.3 Å². The van der Waals surface area contributed by atoms with Gasteiger partial charge >= 0.3 is 50.5 Å². The third-order valence-corrected chi connectivity index (χ3v) is 1.21. The maximum atomic E-state index is 2.39. The third kappa shape index (κ3) is 38.3. The van der Waals surface area contributed by atoms with Gasteiger partial charge in [0.15, 0.2) is 0 Å². The number of hydrogen-bond donors (Lipinski definition) is 0. The van der Waals surface area contributed by atoms with Crippen LogP contribution in [-0.4, -0.2) is 0 Å². The quantitative estimate of drug-likeness (QED) is 0.334. The minimum atomic E-state index is 0. The SMILES string of the molecule is C.CCCCCCC.I.I[I-]I. The summed E-state index contributed by atoms with van der Waals surface area (Å²) in [6.07, 6.45) is 7.01. The fourth-order valence-electron chi connectivity index (χ4n) is 0.677. The first-order valence-corrected chi connectivity index (χ1v) is 16.3. The van der Waals surface area contributed by atoms with Crippen molar-refractivity contribution in [3.8, 4) is 0 Å². The summed E-state index contributed by atoms with van der Waals surface area (Å²) in [5, 5.41) is 0. The summed E-state index contributed by atoms with van der Waals surface area (Å²) in [4.78, 5) is 0. The molecule has 0 aliphatic rings. The van der Waals surface area contributed by atoms with Gasteiger partial charge in [-0.1, -0.05) is 53.4 Å². The predicted octanol–water partition coefficient (Wildman–Crippen LogP) is 3.01. The van der Waals surface area contributed by atoms with Crippen molar-refractivity contribution in [1.82, 2.24) is 0 Å². The molecule has 0 aliphatic carbocycles. The molecule has 0 fully saturated rings. The summed E-state index contributed by atoms with van der Waals surface area (Å²) in [6.45, 7) is 4.49. The van der Waals surface area contributed by atoms with Crippen LogP contribution in [0.4, 0.5) is 0 Å². The summed E-state index contributed by atoms with van der Waals surface area (Å²) in [5.41, 5.74) is 0. The molecule has 0 saturated heterocycles. The van der Waals surface area contributed by atoms with Crippen LogP contribution in [0.3, 0.4) is 0 Å². The molecule has 0 atom stereocenters. The van der Waals surface area contributed by atoms with Crippen molar-refractivity contribution in [3.63, 3.8) is 0 Å². The molecule has 0 rings (SSSR count). The monoisotopic (exact) mass is 625 g/mol. The van der Waals surface area contributed by atoms with Crippen LogP contribution in [0.15, 0.2) is 0 Å². The average molecular weight is 625 g/mol. The van der Waals surface area contributed by atoms with Crippen LogP contribution in [0.25, 0.3) is 0 Å². The molecule has 0 radical (unpaired) electrons. The van der Waals surface area contributed by atoms with Gasteiger partial charge in [-0.3, -0.25) is 0 Å². The summed E-state index contributed by atoms with van der Waals surface area (Å²) in [7, 11) is 0. The van der Waals surface area contributed by atoms with Crippen LogP contribution in [0, 0.1) is 0 Å². The molecule has 0 aliphatic heterocycles. The van der Waals surface area contributed by atoms with E-state index in [1.54, 1.807) is 0 Å². The molecular formula is C8H21I4-. The Morgan fingerprint density at radius 2 is 1.17 bits per heavy atom. The molecule has 0 heterocycles. The van der Waals surface area contributed by atoms with Gasteiger partial charge in [-0.05, 0) is 0 Å². The van der Waals surface area contributed by atoms with Crippen LogP contribution in [0.2, 0.25) is 0 Å². The molecule has 0 amide bonds. The van der Waals surface area contributed by atoms with E-state index in [9.17, 15) is 0 Å². The standard InChI is InChI=1S/C7H16.CH4.I3.HI/c1-3-5-7-6-4-2;;1-3-2;/h3-7H2,1-2H3;1H4;;1H/q;;-1;. The van der Waals surface area contributed by atoms with Crippen LogP contribution >= 0.6 is 61.2 Å². The first-order chi connectivity index (χ1) is 4.83. The first-order valence-electron chi connectivity index (χ1n) is 3.70. The van der Waals surface area contributed by atoms with Gasteiger partial charge < -0.3 is 0 Å². The van der Waals surface area contributed by atoms with E-state index in [1.807, 2.05) is 0 Å². The molecule has 0 spiro atoms. The zero-order valence-corrected chi connectivity index (χ0v) is 15.9. The fraction of sp³-hybridized carbons (Fsp3) is 1.00. The molecule has 0 aromatic carbocycles. The van der Waals surface area contributed by atoms with Crippen LogP contribution in [0.5, 0.6) is 0 Å². The normalized spacial score (nSPS) is 7.33. The molecule has 0 saturated carbocycles. The van der Waals surface area contributed by atoms with E-state index in [0.717, 1.165) is 0 Å². The second-order valence-electron chi connectivity index (χ2n) is 2.11. The number of rotatable bonds is 4. The molecule has 0 bridgehead atoms. The van der Waals surface area contributed by atoms with Gasteiger partial charge in [-0.25, -0.2) is 0 Å². The predicted molar refractivity (Wildman–Crippen MR) is 84.6 cm³/mol. The zero-order valence-electron chi connectivity index (χ0n) is 7.08. The van der Waals surface area contributed by atoms with E-state index in [2.05, 4.69) is 51.1 Å². The Bertz CT molecular complexity index is 38.0. The first kappa shape index (κ1) is 24.2. The molecule has 0 unspecified atom stereocenters. The van der Waals surface area contributed by atoms with Gasteiger partial charge in [-0.15, -0.1) is 24.0 Å². The van der Waals surface area contributed by atoms with Gasteiger partial charge in [-0.2, -0.15) is 0 Å². The van der Waals surface area contributed by atoms with E-state index in [-0.39, 0.29) is 31.4 Å². The Kier molecular flexibility index (Phi) is 59.0. The summed E-state index contributed by atoms with van der Waals surface area (Å²) >= 11 is 5.30. The van der Waals surface area contributed by atoms with Crippen LogP contribution in [-0.2, 0) is 0 Å². The van der Waals surface area contributed by atoms with Crippen molar-refractivity contribution in [2.75, 3.05) is 0 Å². The molecule has 0 aromatic rings. The van der Waals surface area contributed by atoms with E-state index in [1.165, 1.54) is 32.1 Å². The van der Waals surface area contributed by atoms with Crippen LogP contribution in [0.1, 0.15) is 53.4 Å². The van der Waals surface area contributed by atoms with Crippen molar-refractivity contribution in [1.29, 1.82) is 0 Å². The zero-order chi connectivity index (χ0) is 8.24. The van der Waals surface area contributed by atoms with E-state index in [0.29, 0.717) is 13.3 Å². The number of halogens is 4. The molecule has 12 heavy (non-hydrogen) atoms. The van der Waals surface area contributed by atoms with Gasteiger partial charge in [0, 0.05) is 0 Å². The molecule has 82 valence electrons. The average Bonchev–Trinajstić information content (AvgIpc) is 1.91. The Balaban J connectivity index is -0.0000000569. The van der Waals surface area contributed by atoms with E-state index in [4.69, 9.17) is 0 Å². The molecule has 0 aromatic heterocycles. The Morgan fingerprint density at radius 1 is 0.917 bits per heavy atom. The number of unbranched alkanes of at least 4 members (excludes halogenated alkanes) is 4. The van der Waals surface area contributed by atoms with Crippen molar-refractivity contribution in [3.05, 3.63) is 0 Å². The molecular weight excluding hydrogens is 604 g/mol. The summed E-state index contributed by atoms with van der Waals surface area (Å²) in [6, 6.07) is 0. The van der Waals surface area contributed by atoms with E-state index < -0.39 is 0 Å². The van der Waals surface area contributed by atoms with Crippen molar-refractivity contribution in [2.45, 2.75) is 53.4 Å². The molecule has 0 N–H and O–H groups in total. The topological polar surface area (TPSA) is 0 Å². The van der Waals surface area contributed by atoms with Crippen molar-refractivity contribution >= 4 is 61.2 Å². The summed E-state index contributed by atoms with van der Waals surface area (Å²) < 4.78 is 0. The fourth-order valence-corrected chi connectivity index (χ4v) is 0.677. The Morgan fingerprint density at radius 3 is 1.33 bits per heavy atom. The second kappa shape index (κ2) is 29.2. The number of hydrogen-bond acceptors (Lipinski definition) is 0. The summed E-state index contributed by atoms with van der Waals surface area (Å²) in [5.74, 6) is 0. The molecule has 4 heteroatoms. The Hall–Kier alpha value is 2.92. The minimum absolute atomic E-state index is 0. The Labute approximate surface area is 125 Å². The molecule has 0 nitrogen and oxygen atoms in total. The maximum absolute atomic E-state index is 2.39. The van der Waals surface area contributed by atoms with Crippen molar-refractivity contribution in [2.24, 2.45) is 0 Å². The van der Waals surface area contributed by atoms with Gasteiger partial charge in [0.2, 0.25) is 0 Å². The van der Waals surface area contributed by atoms with Gasteiger partial charge in [0.05, 0.1) is 0 Å². The third-order valence-electron chi connectivity index (χ3n) is 1.21. The van der Waals surface area contributed by atoms with Gasteiger partial charge in [0.1, 0.15) is 0 Å². The second-order valence-corrected chi connectivity index (χ2v) is 18.4. The van der Waals surface area contributed by atoms with Crippen LogP contribution < -0.4 is 13.3 Å². The van der Waals surface area contributed by atoms with Gasteiger partial charge in [0.25, 0.3) is 0 Å². The van der Waals surface area contributed by atoms with E-state index >= 15 is 0 Å².